The lowest BCUT2D eigenvalue weighted by atomic mass is 10.1. The lowest BCUT2D eigenvalue weighted by molar-refractivity contribution is 0.487. The van der Waals surface area contributed by atoms with Crippen LogP contribution >= 0.6 is 0 Å². The van der Waals surface area contributed by atoms with E-state index in [9.17, 15) is 0 Å². The highest BCUT2D eigenvalue weighted by atomic mass is 15.3. The first-order valence-corrected chi connectivity index (χ1v) is 7.35. The molecular formula is C16H19N3. The number of hydrogen-bond acceptors (Lipinski definition) is 2. The zero-order valence-corrected chi connectivity index (χ0v) is 11.4. The van der Waals surface area contributed by atoms with Crippen molar-refractivity contribution in [3.8, 4) is 11.3 Å². The molecule has 2 aromatic heterocycles. The molecule has 0 N–H and O–H groups in total. The lowest BCUT2D eigenvalue weighted by Crippen LogP contribution is -2.10. The highest BCUT2D eigenvalue weighted by molar-refractivity contribution is 5.60. The third kappa shape index (κ3) is 2.07. The van der Waals surface area contributed by atoms with Gasteiger partial charge in [-0.1, -0.05) is 0 Å². The van der Waals surface area contributed by atoms with E-state index in [1.54, 1.807) is 0 Å². The van der Waals surface area contributed by atoms with Gasteiger partial charge in [0.05, 0.1) is 5.69 Å². The highest BCUT2D eigenvalue weighted by Crippen LogP contribution is 2.40. The standard InChI is InChI=1S/C16H19N3/c1-11-8-13(9-15(17-11)12-5-6-12)16-10-14-4-2-3-7-19(14)18-16/h8-10,12H,2-7H2,1H3. The summed E-state index contributed by atoms with van der Waals surface area (Å²) in [6.07, 6.45) is 6.34. The zero-order chi connectivity index (χ0) is 12.8. The Morgan fingerprint density at radius 3 is 2.84 bits per heavy atom. The van der Waals surface area contributed by atoms with E-state index < -0.39 is 0 Å². The van der Waals surface area contributed by atoms with Crippen LogP contribution < -0.4 is 0 Å². The molecule has 3 heteroatoms. The number of fused-ring (bicyclic) bond motifs is 1. The molecule has 2 aliphatic rings. The first-order valence-electron chi connectivity index (χ1n) is 7.35. The molecule has 1 saturated carbocycles. The van der Waals surface area contributed by atoms with Crippen LogP contribution in [-0.4, -0.2) is 14.8 Å². The normalized spacial score (nSPS) is 18.4. The molecule has 0 bridgehead atoms. The van der Waals surface area contributed by atoms with Crippen molar-refractivity contribution in [2.24, 2.45) is 0 Å². The number of nitrogens with zero attached hydrogens (tertiary/aromatic N) is 3. The molecule has 0 saturated heterocycles. The molecule has 0 aromatic carbocycles. The van der Waals surface area contributed by atoms with E-state index in [0.717, 1.165) is 17.9 Å². The molecule has 0 spiro atoms. The summed E-state index contributed by atoms with van der Waals surface area (Å²) < 4.78 is 2.19. The van der Waals surface area contributed by atoms with E-state index in [1.807, 2.05) is 0 Å². The summed E-state index contributed by atoms with van der Waals surface area (Å²) in [7, 11) is 0. The molecule has 1 fully saturated rings. The predicted molar refractivity (Wildman–Crippen MR) is 75.1 cm³/mol. The Labute approximate surface area is 113 Å². The van der Waals surface area contributed by atoms with Gasteiger partial charge in [-0.3, -0.25) is 9.67 Å². The Balaban J connectivity index is 1.76. The summed E-state index contributed by atoms with van der Waals surface area (Å²) in [5, 5.41) is 4.77. The fourth-order valence-corrected chi connectivity index (χ4v) is 2.99. The van der Waals surface area contributed by atoms with Gasteiger partial charge in [0.2, 0.25) is 0 Å². The minimum atomic E-state index is 0.705. The van der Waals surface area contributed by atoms with Crippen LogP contribution in [0.5, 0.6) is 0 Å². The Hall–Kier alpha value is -1.64. The van der Waals surface area contributed by atoms with Gasteiger partial charge in [0.25, 0.3) is 0 Å². The zero-order valence-electron chi connectivity index (χ0n) is 11.4. The van der Waals surface area contributed by atoms with E-state index in [0.29, 0.717) is 5.92 Å². The Bertz CT molecular complexity index is 599. The molecule has 19 heavy (non-hydrogen) atoms. The molecule has 3 heterocycles. The van der Waals surface area contributed by atoms with E-state index in [2.05, 4.69) is 34.8 Å². The number of pyridine rings is 1. The summed E-state index contributed by atoms with van der Waals surface area (Å²) >= 11 is 0. The molecule has 0 atom stereocenters. The van der Waals surface area contributed by atoms with Gasteiger partial charge in [-0.15, -0.1) is 0 Å². The Morgan fingerprint density at radius 1 is 1.16 bits per heavy atom. The first kappa shape index (κ1) is 11.2. The third-order valence-electron chi connectivity index (χ3n) is 4.18. The monoisotopic (exact) mass is 253 g/mol. The van der Waals surface area contributed by atoms with Gasteiger partial charge in [-0.2, -0.15) is 5.10 Å². The van der Waals surface area contributed by atoms with Crippen LogP contribution in [0.1, 0.15) is 48.7 Å². The quantitative estimate of drug-likeness (QED) is 0.820. The van der Waals surface area contributed by atoms with Crippen molar-refractivity contribution in [2.75, 3.05) is 0 Å². The summed E-state index contributed by atoms with van der Waals surface area (Å²) in [6.45, 7) is 3.17. The van der Waals surface area contributed by atoms with Crippen LogP contribution in [0.4, 0.5) is 0 Å². The van der Waals surface area contributed by atoms with Crippen molar-refractivity contribution in [1.82, 2.24) is 14.8 Å². The number of hydrogen-bond donors (Lipinski definition) is 0. The number of rotatable bonds is 2. The van der Waals surface area contributed by atoms with Crippen molar-refractivity contribution in [3.05, 3.63) is 35.3 Å². The minimum Gasteiger partial charge on any atom is -0.269 e. The Kier molecular flexibility index (Phi) is 2.47. The van der Waals surface area contributed by atoms with Gasteiger partial charge in [-0.25, -0.2) is 0 Å². The molecule has 1 aliphatic heterocycles. The smallest absolute Gasteiger partial charge is 0.0927 e. The fraction of sp³-hybridized carbons (Fsp3) is 0.500. The first-order chi connectivity index (χ1) is 9.29. The van der Waals surface area contributed by atoms with Crippen molar-refractivity contribution in [3.63, 3.8) is 0 Å². The number of aryl methyl sites for hydroxylation is 3. The summed E-state index contributed by atoms with van der Waals surface area (Å²) in [6, 6.07) is 6.68. The topological polar surface area (TPSA) is 30.7 Å². The SMILES string of the molecule is Cc1cc(-c2cc3n(n2)CCCC3)cc(C2CC2)n1. The van der Waals surface area contributed by atoms with Crippen LogP contribution in [0.3, 0.4) is 0 Å². The Morgan fingerprint density at radius 2 is 2.05 bits per heavy atom. The van der Waals surface area contributed by atoms with Crippen LogP contribution in [-0.2, 0) is 13.0 Å². The molecule has 98 valence electrons. The van der Waals surface area contributed by atoms with Crippen molar-refractivity contribution >= 4 is 0 Å². The molecule has 2 aromatic rings. The molecule has 0 amide bonds. The highest BCUT2D eigenvalue weighted by Gasteiger charge is 2.26. The van der Waals surface area contributed by atoms with E-state index in [4.69, 9.17) is 5.10 Å². The average molecular weight is 253 g/mol. The molecule has 0 radical (unpaired) electrons. The molecular weight excluding hydrogens is 234 g/mol. The largest absolute Gasteiger partial charge is 0.269 e. The van der Waals surface area contributed by atoms with Gasteiger partial charge >= 0.3 is 0 Å². The molecule has 0 unspecified atom stereocenters. The van der Waals surface area contributed by atoms with Crippen LogP contribution in [0.15, 0.2) is 18.2 Å². The van der Waals surface area contributed by atoms with Gasteiger partial charge in [-0.05, 0) is 57.2 Å². The maximum absolute atomic E-state index is 4.77. The van der Waals surface area contributed by atoms with Crippen LogP contribution in [0, 0.1) is 6.92 Å². The van der Waals surface area contributed by atoms with Gasteiger partial charge in [0.1, 0.15) is 0 Å². The van der Waals surface area contributed by atoms with Gasteiger partial charge in [0, 0.05) is 35.1 Å². The van der Waals surface area contributed by atoms with Gasteiger partial charge in [0.15, 0.2) is 0 Å². The second-order valence-corrected chi connectivity index (χ2v) is 5.90. The van der Waals surface area contributed by atoms with Gasteiger partial charge < -0.3 is 0 Å². The maximum Gasteiger partial charge on any atom is 0.0927 e. The van der Waals surface area contributed by atoms with E-state index in [-0.39, 0.29) is 0 Å². The molecule has 3 nitrogen and oxygen atoms in total. The second kappa shape index (κ2) is 4.19. The van der Waals surface area contributed by atoms with Crippen molar-refractivity contribution in [2.45, 2.75) is 51.5 Å². The summed E-state index contributed by atoms with van der Waals surface area (Å²) in [4.78, 5) is 4.67. The predicted octanol–water partition coefficient (Wildman–Crippen LogP) is 3.47. The number of aromatic nitrogens is 3. The van der Waals surface area contributed by atoms with Crippen molar-refractivity contribution in [1.29, 1.82) is 0 Å². The third-order valence-corrected chi connectivity index (χ3v) is 4.18. The van der Waals surface area contributed by atoms with Crippen LogP contribution in [0.2, 0.25) is 0 Å². The fourth-order valence-electron chi connectivity index (χ4n) is 2.99. The van der Waals surface area contributed by atoms with E-state index >= 15 is 0 Å². The average Bonchev–Trinajstić information content (AvgIpc) is 3.17. The summed E-state index contributed by atoms with van der Waals surface area (Å²) in [5.74, 6) is 0.705. The molecule has 1 aliphatic carbocycles. The maximum atomic E-state index is 4.77. The molecule has 4 rings (SSSR count). The van der Waals surface area contributed by atoms with Crippen molar-refractivity contribution < 1.29 is 0 Å². The summed E-state index contributed by atoms with van der Waals surface area (Å²) in [5.41, 5.74) is 6.15. The lowest BCUT2D eigenvalue weighted by Gasteiger charge is -2.11. The van der Waals surface area contributed by atoms with E-state index in [1.165, 1.54) is 49.1 Å². The van der Waals surface area contributed by atoms with Crippen LogP contribution in [0.25, 0.3) is 11.3 Å². The minimum absolute atomic E-state index is 0.705. The second-order valence-electron chi connectivity index (χ2n) is 5.90.